The van der Waals surface area contributed by atoms with Crippen LogP contribution in [-0.2, 0) is 0 Å². The van der Waals surface area contributed by atoms with E-state index in [1.165, 1.54) is 0 Å². The highest BCUT2D eigenvalue weighted by Crippen LogP contribution is 2.31. The molecular formula is C25H32O4. The minimum atomic E-state index is -0.0669. The molecule has 0 spiro atoms. The van der Waals surface area contributed by atoms with Crippen LogP contribution >= 0.6 is 0 Å². The van der Waals surface area contributed by atoms with Gasteiger partial charge in [-0.1, -0.05) is 6.92 Å². The van der Waals surface area contributed by atoms with Crippen molar-refractivity contribution in [3.8, 4) is 17.2 Å². The number of ketones is 1. The van der Waals surface area contributed by atoms with Crippen molar-refractivity contribution < 1.29 is 19.0 Å². The smallest absolute Gasteiger partial charge is 0.185 e. The first-order valence-electron chi connectivity index (χ1n) is 10.2. The number of allylic oxidation sites excluding steroid dienone is 1. The van der Waals surface area contributed by atoms with E-state index in [0.717, 1.165) is 29.0 Å². The van der Waals surface area contributed by atoms with Crippen LogP contribution in [-0.4, -0.2) is 24.6 Å². The van der Waals surface area contributed by atoms with E-state index in [2.05, 4.69) is 6.92 Å². The predicted octanol–water partition coefficient (Wildman–Crippen LogP) is 6.25. The molecule has 0 aromatic heterocycles. The molecule has 0 radical (unpaired) electrons. The highest BCUT2D eigenvalue weighted by molar-refractivity contribution is 6.07. The highest BCUT2D eigenvalue weighted by atomic mass is 16.5. The Morgan fingerprint density at radius 1 is 0.966 bits per heavy atom. The van der Waals surface area contributed by atoms with Crippen LogP contribution in [0.3, 0.4) is 0 Å². The number of hydrogen-bond acceptors (Lipinski definition) is 4. The molecule has 0 aliphatic carbocycles. The summed E-state index contributed by atoms with van der Waals surface area (Å²) in [6.07, 6.45) is 4.42. The maximum atomic E-state index is 12.6. The number of carbonyl (C=O) groups excluding carboxylic acids is 1. The summed E-state index contributed by atoms with van der Waals surface area (Å²) in [6.45, 7) is 12.7. The van der Waals surface area contributed by atoms with E-state index in [1.807, 2.05) is 58.9 Å². The Morgan fingerprint density at radius 2 is 1.59 bits per heavy atom. The van der Waals surface area contributed by atoms with Crippen molar-refractivity contribution >= 4 is 11.9 Å². The first-order chi connectivity index (χ1) is 13.8. The van der Waals surface area contributed by atoms with Crippen molar-refractivity contribution in [1.29, 1.82) is 0 Å². The number of benzene rings is 2. The Bertz CT molecular complexity index is 833. The van der Waals surface area contributed by atoms with Gasteiger partial charge in [0.05, 0.1) is 18.8 Å². The van der Waals surface area contributed by atoms with E-state index in [1.54, 1.807) is 24.3 Å². The number of rotatable bonds is 10. The topological polar surface area (TPSA) is 44.8 Å². The molecule has 2 aromatic rings. The molecule has 156 valence electrons. The lowest BCUT2D eigenvalue weighted by Crippen LogP contribution is -2.10. The quantitative estimate of drug-likeness (QED) is 0.351. The first kappa shape index (κ1) is 22.5. The van der Waals surface area contributed by atoms with Gasteiger partial charge in [0.2, 0.25) is 0 Å². The van der Waals surface area contributed by atoms with E-state index < -0.39 is 0 Å². The summed E-state index contributed by atoms with van der Waals surface area (Å²) in [5.74, 6) is 2.20. The summed E-state index contributed by atoms with van der Waals surface area (Å²) in [6, 6.07) is 11.1. The van der Waals surface area contributed by atoms with Crippen molar-refractivity contribution in [3.05, 3.63) is 59.2 Å². The predicted molar refractivity (Wildman–Crippen MR) is 118 cm³/mol. The summed E-state index contributed by atoms with van der Waals surface area (Å²) in [5.41, 5.74) is 2.47. The van der Waals surface area contributed by atoms with Crippen LogP contribution in [0.5, 0.6) is 17.2 Å². The molecule has 0 aliphatic heterocycles. The van der Waals surface area contributed by atoms with Gasteiger partial charge in [-0.3, -0.25) is 4.79 Å². The lowest BCUT2D eigenvalue weighted by Gasteiger charge is -2.18. The molecule has 0 bridgehead atoms. The second-order valence-electron chi connectivity index (χ2n) is 7.56. The number of aryl methyl sites for hydroxylation is 1. The van der Waals surface area contributed by atoms with Crippen LogP contribution in [0.1, 0.15) is 62.5 Å². The fourth-order valence-electron chi connectivity index (χ4n) is 2.76. The third-order valence-corrected chi connectivity index (χ3v) is 4.06. The van der Waals surface area contributed by atoms with Gasteiger partial charge in [0, 0.05) is 17.2 Å². The van der Waals surface area contributed by atoms with Gasteiger partial charge in [-0.2, -0.15) is 0 Å². The average molecular weight is 397 g/mol. The average Bonchev–Trinajstić information content (AvgIpc) is 2.67. The molecule has 0 saturated carbocycles. The summed E-state index contributed by atoms with van der Waals surface area (Å²) < 4.78 is 17.4. The Hall–Kier alpha value is -2.75. The molecule has 4 heteroatoms. The first-order valence-corrected chi connectivity index (χ1v) is 10.2. The lowest BCUT2D eigenvalue weighted by atomic mass is 10.1. The van der Waals surface area contributed by atoms with Crippen LogP contribution < -0.4 is 14.2 Å². The number of carbonyl (C=O) groups is 1. The summed E-state index contributed by atoms with van der Waals surface area (Å²) in [4.78, 5) is 12.6. The van der Waals surface area contributed by atoms with E-state index in [9.17, 15) is 4.79 Å². The number of ether oxygens (including phenoxy) is 3. The van der Waals surface area contributed by atoms with E-state index in [4.69, 9.17) is 14.2 Å². The lowest BCUT2D eigenvalue weighted by molar-refractivity contribution is 0.104. The summed E-state index contributed by atoms with van der Waals surface area (Å²) in [7, 11) is 0. The van der Waals surface area contributed by atoms with Crippen LogP contribution in [0.2, 0.25) is 0 Å². The fraction of sp³-hybridized carbons (Fsp3) is 0.400. The Balaban J connectivity index is 2.23. The minimum Gasteiger partial charge on any atom is -0.494 e. The molecule has 0 unspecified atom stereocenters. The zero-order valence-corrected chi connectivity index (χ0v) is 18.3. The molecule has 0 heterocycles. The van der Waals surface area contributed by atoms with Gasteiger partial charge < -0.3 is 14.2 Å². The molecule has 2 rings (SSSR count). The van der Waals surface area contributed by atoms with Gasteiger partial charge in [-0.15, -0.1) is 0 Å². The molecule has 2 aromatic carbocycles. The van der Waals surface area contributed by atoms with Gasteiger partial charge in [0.25, 0.3) is 0 Å². The zero-order valence-electron chi connectivity index (χ0n) is 18.3. The zero-order chi connectivity index (χ0) is 21.4. The van der Waals surface area contributed by atoms with E-state index in [-0.39, 0.29) is 18.0 Å². The molecule has 0 amide bonds. The highest BCUT2D eigenvalue weighted by Gasteiger charge is 2.11. The molecule has 0 aliphatic rings. The maximum Gasteiger partial charge on any atom is 0.185 e. The van der Waals surface area contributed by atoms with Crippen LogP contribution in [0.25, 0.3) is 6.08 Å². The van der Waals surface area contributed by atoms with Crippen LogP contribution in [0, 0.1) is 6.92 Å². The van der Waals surface area contributed by atoms with Crippen LogP contribution in [0.4, 0.5) is 0 Å². The standard InChI is InChI=1S/C25H32O4/c1-7-14-27-22-11-8-20(9-12-22)23(26)13-10-21-15-19(6)24(28-17(2)3)16-25(21)29-18(4)5/h8-13,15-18H,7,14H2,1-6H3/b13-10+. The van der Waals surface area contributed by atoms with Crippen molar-refractivity contribution in [3.63, 3.8) is 0 Å². The third-order valence-electron chi connectivity index (χ3n) is 4.06. The van der Waals surface area contributed by atoms with Crippen molar-refractivity contribution in [2.45, 2.75) is 60.2 Å². The monoisotopic (exact) mass is 396 g/mol. The minimum absolute atomic E-state index is 0.0168. The molecule has 0 atom stereocenters. The van der Waals surface area contributed by atoms with Crippen molar-refractivity contribution in [1.82, 2.24) is 0 Å². The molecule has 0 fully saturated rings. The number of hydrogen-bond donors (Lipinski definition) is 0. The Kier molecular flexibility index (Phi) is 8.32. The second kappa shape index (κ2) is 10.7. The summed E-state index contributed by atoms with van der Waals surface area (Å²) in [5, 5.41) is 0. The SMILES string of the molecule is CCCOc1ccc(C(=O)/C=C/c2cc(C)c(OC(C)C)cc2OC(C)C)cc1. The largest absolute Gasteiger partial charge is 0.494 e. The Morgan fingerprint density at radius 3 is 2.17 bits per heavy atom. The normalized spacial score (nSPS) is 11.3. The van der Waals surface area contributed by atoms with Gasteiger partial charge in [-0.05, 0) is 89.1 Å². The van der Waals surface area contributed by atoms with Gasteiger partial charge in [0.1, 0.15) is 17.2 Å². The second-order valence-corrected chi connectivity index (χ2v) is 7.56. The maximum absolute atomic E-state index is 12.6. The van der Waals surface area contributed by atoms with Crippen molar-refractivity contribution in [2.75, 3.05) is 6.61 Å². The Labute approximate surface area is 174 Å². The van der Waals surface area contributed by atoms with E-state index in [0.29, 0.717) is 17.9 Å². The van der Waals surface area contributed by atoms with E-state index >= 15 is 0 Å². The molecule has 0 saturated heterocycles. The van der Waals surface area contributed by atoms with Gasteiger partial charge >= 0.3 is 0 Å². The molecule has 0 N–H and O–H groups in total. The van der Waals surface area contributed by atoms with Crippen LogP contribution in [0.15, 0.2) is 42.5 Å². The van der Waals surface area contributed by atoms with Gasteiger partial charge in [0.15, 0.2) is 5.78 Å². The fourth-order valence-corrected chi connectivity index (χ4v) is 2.76. The molecular weight excluding hydrogens is 364 g/mol. The molecule has 4 nitrogen and oxygen atoms in total. The van der Waals surface area contributed by atoms with Crippen molar-refractivity contribution in [2.24, 2.45) is 0 Å². The van der Waals surface area contributed by atoms with Gasteiger partial charge in [-0.25, -0.2) is 0 Å². The molecule has 29 heavy (non-hydrogen) atoms. The summed E-state index contributed by atoms with van der Waals surface area (Å²) >= 11 is 0. The third kappa shape index (κ3) is 6.97.